The maximum absolute atomic E-state index is 14.0. The average molecular weight is 515 g/mol. The van der Waals surface area contributed by atoms with Crippen LogP contribution in [0.2, 0.25) is 5.02 Å². The molecule has 1 amide bonds. The molecule has 35 heavy (non-hydrogen) atoms. The van der Waals surface area contributed by atoms with Gasteiger partial charge in [0.2, 0.25) is 5.91 Å². The van der Waals surface area contributed by atoms with E-state index in [1.165, 1.54) is 49.4 Å². The fourth-order valence-electron chi connectivity index (χ4n) is 4.04. The van der Waals surface area contributed by atoms with Gasteiger partial charge in [-0.1, -0.05) is 24.6 Å². The highest BCUT2D eigenvalue weighted by atomic mass is 35.5. The van der Waals surface area contributed by atoms with Crippen LogP contribution in [-0.4, -0.2) is 17.6 Å². The Morgan fingerprint density at radius 1 is 0.886 bits per heavy atom. The van der Waals surface area contributed by atoms with Crippen LogP contribution in [0.3, 0.4) is 0 Å². The van der Waals surface area contributed by atoms with Gasteiger partial charge in [-0.2, -0.15) is 26.3 Å². The van der Waals surface area contributed by atoms with Crippen LogP contribution >= 0.6 is 11.6 Å². The van der Waals surface area contributed by atoms with E-state index in [1.54, 1.807) is 4.90 Å². The van der Waals surface area contributed by atoms with Crippen LogP contribution in [0.4, 0.5) is 49.1 Å². The second kappa shape index (κ2) is 8.67. The molecule has 0 spiro atoms. The van der Waals surface area contributed by atoms with Crippen molar-refractivity contribution in [2.75, 3.05) is 16.3 Å². The van der Waals surface area contributed by atoms with Gasteiger partial charge >= 0.3 is 12.4 Å². The molecule has 0 saturated carbocycles. The van der Waals surface area contributed by atoms with Gasteiger partial charge in [-0.15, -0.1) is 0 Å². The number of para-hydroxylation sites is 1. The van der Waals surface area contributed by atoms with Crippen LogP contribution in [0.25, 0.3) is 0 Å². The first-order chi connectivity index (χ1) is 16.3. The summed E-state index contributed by atoms with van der Waals surface area (Å²) in [6.07, 6.45) is -10.3. The molecule has 184 valence electrons. The van der Waals surface area contributed by atoms with Crippen molar-refractivity contribution in [3.8, 4) is 5.75 Å². The van der Waals surface area contributed by atoms with Crippen molar-refractivity contribution in [3.05, 3.63) is 76.8 Å². The third-order valence-electron chi connectivity index (χ3n) is 5.60. The third kappa shape index (κ3) is 4.62. The molecular formula is C24H17ClF6N2O2. The number of phenolic OH excluding ortho intramolecular Hbond substituents is 1. The van der Waals surface area contributed by atoms with E-state index >= 15 is 0 Å². The summed E-state index contributed by atoms with van der Waals surface area (Å²) >= 11 is 6.15. The van der Waals surface area contributed by atoms with Gasteiger partial charge in [0, 0.05) is 17.3 Å². The number of carbonyl (C=O) groups excluding carboxylic acids is 1. The summed E-state index contributed by atoms with van der Waals surface area (Å²) in [5.41, 5.74) is -4.09. The van der Waals surface area contributed by atoms with Crippen LogP contribution in [0.15, 0.2) is 60.7 Å². The van der Waals surface area contributed by atoms with Crippen molar-refractivity contribution < 1.29 is 36.2 Å². The number of anilines is 4. The van der Waals surface area contributed by atoms with Crippen molar-refractivity contribution >= 4 is 40.3 Å². The first-order valence-electron chi connectivity index (χ1n) is 10.3. The smallest absolute Gasteiger partial charge is 0.418 e. The largest absolute Gasteiger partial charge is 0.508 e. The molecular weight excluding hydrogens is 498 g/mol. The summed E-state index contributed by atoms with van der Waals surface area (Å²) in [6.45, 7) is 1.35. The lowest BCUT2D eigenvalue weighted by atomic mass is 10.0. The van der Waals surface area contributed by atoms with Crippen molar-refractivity contribution in [2.45, 2.75) is 19.3 Å². The number of rotatable bonds is 2. The van der Waals surface area contributed by atoms with E-state index < -0.39 is 41.0 Å². The highest BCUT2D eigenvalue weighted by molar-refractivity contribution is 6.31. The lowest BCUT2D eigenvalue weighted by Gasteiger charge is -2.30. The number of amides is 1. The molecule has 1 aliphatic heterocycles. The zero-order valence-corrected chi connectivity index (χ0v) is 18.7. The van der Waals surface area contributed by atoms with Crippen LogP contribution in [-0.2, 0) is 17.1 Å². The number of hydrogen-bond donors (Lipinski definition) is 1. The predicted molar refractivity (Wildman–Crippen MR) is 119 cm³/mol. The van der Waals surface area contributed by atoms with Gasteiger partial charge in [-0.05, 0) is 54.6 Å². The lowest BCUT2D eigenvalue weighted by Crippen LogP contribution is -2.35. The van der Waals surface area contributed by atoms with Crippen LogP contribution < -0.4 is 9.80 Å². The molecule has 0 radical (unpaired) electrons. The average Bonchev–Trinajstić information content (AvgIpc) is 2.87. The molecule has 11 heteroatoms. The molecule has 0 aliphatic carbocycles. The number of nitrogens with zero attached hydrogens (tertiary/aromatic N) is 2. The summed E-state index contributed by atoms with van der Waals surface area (Å²) in [7, 11) is 0. The van der Waals surface area contributed by atoms with Crippen LogP contribution in [0, 0.1) is 5.92 Å². The molecule has 1 N–H and O–H groups in total. The summed E-state index contributed by atoms with van der Waals surface area (Å²) in [5.74, 6) is -2.01. The van der Waals surface area contributed by atoms with Crippen molar-refractivity contribution in [1.29, 1.82) is 0 Å². The molecule has 0 bridgehead atoms. The molecule has 1 heterocycles. The molecule has 4 rings (SSSR count). The number of benzene rings is 3. The Morgan fingerprint density at radius 3 is 2.00 bits per heavy atom. The molecule has 4 nitrogen and oxygen atoms in total. The molecule has 3 aromatic carbocycles. The second-order valence-corrected chi connectivity index (χ2v) is 8.47. The zero-order chi connectivity index (χ0) is 25.7. The highest BCUT2D eigenvalue weighted by Gasteiger charge is 2.46. The molecule has 0 fully saturated rings. The normalized spacial score (nSPS) is 16.8. The fraction of sp³-hybridized carbons (Fsp3) is 0.208. The van der Waals surface area contributed by atoms with E-state index in [0.29, 0.717) is 28.8 Å². The highest BCUT2D eigenvalue weighted by Crippen LogP contribution is 2.50. The van der Waals surface area contributed by atoms with E-state index in [2.05, 4.69) is 0 Å². The molecule has 1 aliphatic rings. The second-order valence-electron chi connectivity index (χ2n) is 8.03. The minimum Gasteiger partial charge on any atom is -0.508 e. The van der Waals surface area contributed by atoms with Gasteiger partial charge in [0.1, 0.15) is 5.75 Å². The Labute approximate surface area is 201 Å². The molecule has 0 aromatic heterocycles. The Balaban J connectivity index is 2.06. The van der Waals surface area contributed by atoms with Gasteiger partial charge in [-0.3, -0.25) is 9.69 Å². The van der Waals surface area contributed by atoms with Crippen molar-refractivity contribution in [2.24, 2.45) is 5.92 Å². The molecule has 3 aromatic rings. The van der Waals surface area contributed by atoms with Gasteiger partial charge < -0.3 is 10.0 Å². The van der Waals surface area contributed by atoms with Crippen molar-refractivity contribution in [1.82, 2.24) is 0 Å². The standard InChI is InChI=1S/C24H17ClF6N2O2/c1-13-12-32(15-6-8-16(34)9-7-15)20-11-14(25)5-10-19(20)33(22(13)35)21-17(23(26,27)28)3-2-4-18(21)24(29,30)31/h2-11,13,34H,12H2,1H3. The minimum absolute atomic E-state index is 0.0467. The number of phenols is 1. The van der Waals surface area contributed by atoms with Crippen LogP contribution in [0.1, 0.15) is 18.1 Å². The number of fused-ring (bicyclic) bond motifs is 1. The summed E-state index contributed by atoms with van der Waals surface area (Å²) in [5, 5.41) is 9.79. The van der Waals surface area contributed by atoms with E-state index in [4.69, 9.17) is 11.6 Å². The maximum Gasteiger partial charge on any atom is 0.418 e. The summed E-state index contributed by atoms with van der Waals surface area (Å²) < 4.78 is 83.7. The Bertz CT molecular complexity index is 1240. The van der Waals surface area contributed by atoms with Crippen molar-refractivity contribution in [3.63, 3.8) is 0 Å². The molecule has 1 atom stereocenters. The number of halogens is 7. The van der Waals surface area contributed by atoms with Gasteiger partial charge in [0.25, 0.3) is 0 Å². The van der Waals surface area contributed by atoms with E-state index in [9.17, 15) is 36.2 Å². The first kappa shape index (κ1) is 24.7. The number of aromatic hydroxyl groups is 1. The third-order valence-corrected chi connectivity index (χ3v) is 5.83. The maximum atomic E-state index is 14.0. The quantitative estimate of drug-likeness (QED) is 0.359. The minimum atomic E-state index is -5.17. The monoisotopic (exact) mass is 514 g/mol. The summed E-state index contributed by atoms with van der Waals surface area (Å²) in [6, 6.07) is 11.3. The number of hydrogen-bond acceptors (Lipinski definition) is 3. The molecule has 1 unspecified atom stereocenters. The Hall–Kier alpha value is -3.40. The zero-order valence-electron chi connectivity index (χ0n) is 18.0. The van der Waals surface area contributed by atoms with Gasteiger partial charge in [0.15, 0.2) is 0 Å². The summed E-state index contributed by atoms with van der Waals surface area (Å²) in [4.78, 5) is 15.5. The Kier molecular flexibility index (Phi) is 6.12. The van der Waals surface area contributed by atoms with E-state index in [1.807, 2.05) is 0 Å². The van der Waals surface area contributed by atoms with E-state index in [0.717, 1.165) is 0 Å². The van der Waals surface area contributed by atoms with Crippen LogP contribution in [0.5, 0.6) is 5.75 Å². The van der Waals surface area contributed by atoms with Gasteiger partial charge in [0.05, 0.1) is 34.1 Å². The van der Waals surface area contributed by atoms with E-state index in [-0.39, 0.29) is 28.7 Å². The topological polar surface area (TPSA) is 43.8 Å². The predicted octanol–water partition coefficient (Wildman–Crippen LogP) is 7.54. The SMILES string of the molecule is CC1CN(c2ccc(O)cc2)c2cc(Cl)ccc2N(c2c(C(F)(F)F)cccc2C(F)(F)F)C1=O. The van der Waals surface area contributed by atoms with Gasteiger partial charge in [-0.25, -0.2) is 0 Å². The lowest BCUT2D eigenvalue weighted by molar-refractivity contribution is -0.142. The number of alkyl halides is 6. The number of carbonyl (C=O) groups is 1. The first-order valence-corrected chi connectivity index (χ1v) is 10.6. The Morgan fingerprint density at radius 2 is 1.46 bits per heavy atom. The fourth-order valence-corrected chi connectivity index (χ4v) is 4.21. The molecule has 0 saturated heterocycles.